The molecule has 0 spiro atoms. The number of aromatic nitrogens is 3. The van der Waals surface area contributed by atoms with Crippen molar-refractivity contribution in [1.82, 2.24) is 24.6 Å². The number of carbonyl (C=O) groups excluding carboxylic acids is 1. The van der Waals surface area contributed by atoms with Crippen LogP contribution in [0, 0.1) is 13.8 Å². The Morgan fingerprint density at radius 1 is 1.28 bits per heavy atom. The smallest absolute Gasteiger partial charge is 0.246 e. The number of aryl methyl sites for hydroxylation is 2. The minimum absolute atomic E-state index is 0.0380. The Hall–Kier alpha value is -2.98. The molecule has 0 unspecified atom stereocenters. The van der Waals surface area contributed by atoms with E-state index >= 15 is 0 Å². The predicted octanol–water partition coefficient (Wildman–Crippen LogP) is 1.80. The van der Waals surface area contributed by atoms with Gasteiger partial charge in [-0.25, -0.2) is 13.1 Å². The molecule has 0 radical (unpaired) electrons. The fourth-order valence-corrected chi connectivity index (χ4v) is 4.57. The van der Waals surface area contributed by atoms with Gasteiger partial charge >= 0.3 is 0 Å². The van der Waals surface area contributed by atoms with Crippen LogP contribution >= 0.6 is 0 Å². The molecule has 1 aromatic carbocycles. The average molecular weight is 417 g/mol. The van der Waals surface area contributed by atoms with Crippen molar-refractivity contribution in [3.63, 3.8) is 0 Å². The molecule has 29 heavy (non-hydrogen) atoms. The van der Waals surface area contributed by atoms with Crippen LogP contribution in [0.25, 0.3) is 5.69 Å². The first-order valence-corrected chi connectivity index (χ1v) is 10.5. The van der Waals surface area contributed by atoms with E-state index in [4.69, 9.17) is 4.52 Å². The molecule has 2 heterocycles. The summed E-state index contributed by atoms with van der Waals surface area (Å²) in [6, 6.07) is 8.65. The SMILES string of the molecule is Cc1noc(C)c1S(=O)(=O)N[C@@H](C)C(=O)N(C)Cc1cnn(-c2ccccc2)c1. The highest BCUT2D eigenvalue weighted by atomic mass is 32.2. The van der Waals surface area contributed by atoms with Crippen molar-refractivity contribution in [1.29, 1.82) is 0 Å². The minimum atomic E-state index is -3.93. The van der Waals surface area contributed by atoms with Crippen molar-refractivity contribution in [2.24, 2.45) is 0 Å². The van der Waals surface area contributed by atoms with Gasteiger partial charge in [0.15, 0.2) is 5.76 Å². The van der Waals surface area contributed by atoms with Gasteiger partial charge in [-0.05, 0) is 32.9 Å². The number of nitrogens with one attached hydrogen (secondary N) is 1. The topological polar surface area (TPSA) is 110 Å². The lowest BCUT2D eigenvalue weighted by Gasteiger charge is -2.21. The molecule has 9 nitrogen and oxygen atoms in total. The zero-order valence-corrected chi connectivity index (χ0v) is 17.5. The molecular formula is C19H23N5O4S. The first kappa shape index (κ1) is 20.7. The van der Waals surface area contributed by atoms with E-state index in [1.807, 2.05) is 36.5 Å². The Morgan fingerprint density at radius 3 is 2.59 bits per heavy atom. The summed E-state index contributed by atoms with van der Waals surface area (Å²) < 4.78 is 34.2. The lowest BCUT2D eigenvalue weighted by atomic mass is 10.2. The van der Waals surface area contributed by atoms with Crippen LogP contribution in [0.4, 0.5) is 0 Å². The molecule has 0 aliphatic carbocycles. The largest absolute Gasteiger partial charge is 0.360 e. The molecule has 0 bridgehead atoms. The van der Waals surface area contributed by atoms with Crippen molar-refractivity contribution in [3.05, 3.63) is 59.7 Å². The van der Waals surface area contributed by atoms with Gasteiger partial charge in [0.2, 0.25) is 15.9 Å². The molecule has 2 aromatic heterocycles. The van der Waals surface area contributed by atoms with Gasteiger partial charge in [0, 0.05) is 25.4 Å². The van der Waals surface area contributed by atoms with Crippen molar-refractivity contribution < 1.29 is 17.7 Å². The molecule has 0 saturated heterocycles. The fourth-order valence-electron chi connectivity index (χ4n) is 3.05. The summed E-state index contributed by atoms with van der Waals surface area (Å²) in [6.45, 7) is 4.84. The number of likely N-dealkylation sites (N-methyl/N-ethyl adjacent to an activating group) is 1. The molecule has 0 fully saturated rings. The number of para-hydroxylation sites is 1. The molecule has 154 valence electrons. The highest BCUT2D eigenvalue weighted by Gasteiger charge is 2.29. The molecule has 1 N–H and O–H groups in total. The molecule has 0 saturated carbocycles. The lowest BCUT2D eigenvalue weighted by Crippen LogP contribution is -2.45. The number of nitrogens with zero attached hydrogens (tertiary/aromatic N) is 4. The molecule has 0 aliphatic heterocycles. The van der Waals surface area contributed by atoms with E-state index in [-0.39, 0.29) is 22.3 Å². The third kappa shape index (κ3) is 4.54. The van der Waals surface area contributed by atoms with Crippen LogP contribution in [0.5, 0.6) is 0 Å². The molecular weight excluding hydrogens is 394 g/mol. The van der Waals surface area contributed by atoms with E-state index in [2.05, 4.69) is 15.0 Å². The van der Waals surface area contributed by atoms with Crippen molar-refractivity contribution in [3.8, 4) is 5.69 Å². The van der Waals surface area contributed by atoms with E-state index in [0.29, 0.717) is 6.54 Å². The van der Waals surface area contributed by atoms with Gasteiger partial charge in [0.05, 0.1) is 17.9 Å². The van der Waals surface area contributed by atoms with Crippen LogP contribution in [0.15, 0.2) is 52.1 Å². The highest BCUT2D eigenvalue weighted by molar-refractivity contribution is 7.89. The first-order chi connectivity index (χ1) is 13.7. The van der Waals surface area contributed by atoms with Gasteiger partial charge in [-0.15, -0.1) is 0 Å². The van der Waals surface area contributed by atoms with Crippen LogP contribution in [-0.4, -0.2) is 47.3 Å². The maximum atomic E-state index is 12.7. The van der Waals surface area contributed by atoms with Crippen molar-refractivity contribution in [2.45, 2.75) is 38.3 Å². The third-order valence-electron chi connectivity index (χ3n) is 4.39. The summed E-state index contributed by atoms with van der Waals surface area (Å²) in [5.41, 5.74) is 1.98. The van der Waals surface area contributed by atoms with Gasteiger partial charge < -0.3 is 9.42 Å². The maximum Gasteiger partial charge on any atom is 0.246 e. The maximum absolute atomic E-state index is 12.7. The molecule has 3 rings (SSSR count). The Kier molecular flexibility index (Phi) is 5.85. The molecule has 3 aromatic rings. The third-order valence-corrected chi connectivity index (χ3v) is 6.18. The fraction of sp³-hybridized carbons (Fsp3) is 0.316. The number of sulfonamides is 1. The van der Waals surface area contributed by atoms with Gasteiger partial charge in [0.1, 0.15) is 10.6 Å². The molecule has 1 amide bonds. The summed E-state index contributed by atoms with van der Waals surface area (Å²) in [6.07, 6.45) is 3.51. The number of hydrogen-bond donors (Lipinski definition) is 1. The molecule has 0 aliphatic rings. The second-order valence-electron chi connectivity index (χ2n) is 6.82. The number of amides is 1. The summed E-state index contributed by atoms with van der Waals surface area (Å²) in [5.74, 6) is -0.191. The highest BCUT2D eigenvalue weighted by Crippen LogP contribution is 2.19. The normalized spacial score (nSPS) is 12.7. The monoisotopic (exact) mass is 417 g/mol. The van der Waals surface area contributed by atoms with E-state index in [9.17, 15) is 13.2 Å². The van der Waals surface area contributed by atoms with Crippen molar-refractivity contribution >= 4 is 15.9 Å². The summed E-state index contributed by atoms with van der Waals surface area (Å²) in [5, 5.41) is 7.96. The number of carbonyl (C=O) groups is 1. The van der Waals surface area contributed by atoms with Crippen LogP contribution in [0.2, 0.25) is 0 Å². The summed E-state index contributed by atoms with van der Waals surface area (Å²) >= 11 is 0. The Labute approximate surface area is 169 Å². The van der Waals surface area contributed by atoms with Gasteiger partial charge in [0.25, 0.3) is 0 Å². The number of rotatable bonds is 7. The minimum Gasteiger partial charge on any atom is -0.360 e. The second kappa shape index (κ2) is 8.18. The zero-order chi connectivity index (χ0) is 21.2. The molecule has 10 heteroatoms. The van der Waals surface area contributed by atoms with Crippen LogP contribution in [-0.2, 0) is 21.4 Å². The van der Waals surface area contributed by atoms with Gasteiger partial charge in [-0.3, -0.25) is 4.79 Å². The number of hydrogen-bond acceptors (Lipinski definition) is 6. The quantitative estimate of drug-likeness (QED) is 0.628. The first-order valence-electron chi connectivity index (χ1n) is 8.98. The Balaban J connectivity index is 1.66. The van der Waals surface area contributed by atoms with Crippen LogP contribution < -0.4 is 4.72 Å². The van der Waals surface area contributed by atoms with E-state index in [0.717, 1.165) is 11.3 Å². The van der Waals surface area contributed by atoms with Crippen LogP contribution in [0.1, 0.15) is 23.9 Å². The summed E-state index contributed by atoms with van der Waals surface area (Å²) in [7, 11) is -2.32. The molecule has 1 atom stereocenters. The van der Waals surface area contributed by atoms with E-state index in [1.165, 1.54) is 25.7 Å². The van der Waals surface area contributed by atoms with E-state index in [1.54, 1.807) is 17.9 Å². The lowest BCUT2D eigenvalue weighted by molar-refractivity contribution is -0.131. The number of benzene rings is 1. The average Bonchev–Trinajstić information content (AvgIpc) is 3.27. The Bertz CT molecular complexity index is 1090. The van der Waals surface area contributed by atoms with Gasteiger partial charge in [-0.1, -0.05) is 23.4 Å². The van der Waals surface area contributed by atoms with Crippen LogP contribution in [0.3, 0.4) is 0 Å². The van der Waals surface area contributed by atoms with E-state index < -0.39 is 16.1 Å². The Morgan fingerprint density at radius 2 is 1.97 bits per heavy atom. The summed E-state index contributed by atoms with van der Waals surface area (Å²) in [4.78, 5) is 14.1. The predicted molar refractivity (Wildman–Crippen MR) is 106 cm³/mol. The van der Waals surface area contributed by atoms with Gasteiger partial charge in [-0.2, -0.15) is 9.82 Å². The zero-order valence-electron chi connectivity index (χ0n) is 16.7. The van der Waals surface area contributed by atoms with Crippen molar-refractivity contribution in [2.75, 3.05) is 7.05 Å². The second-order valence-corrected chi connectivity index (χ2v) is 8.47. The standard InChI is InChI=1S/C19H23N5O4S/c1-13-18(15(3)28-21-13)29(26,27)22-14(2)19(25)23(4)11-16-10-20-24(12-16)17-8-6-5-7-9-17/h5-10,12,14,22H,11H2,1-4H3/t14-/m0/s1.